The van der Waals surface area contributed by atoms with Gasteiger partial charge in [-0.05, 0) is 55.7 Å². The van der Waals surface area contributed by atoms with Crippen LogP contribution in [-0.2, 0) is 0 Å². The summed E-state index contributed by atoms with van der Waals surface area (Å²) in [6.07, 6.45) is 6.24. The Hall–Kier alpha value is -1.51. The molecule has 3 atom stereocenters. The van der Waals surface area contributed by atoms with E-state index in [1.807, 2.05) is 0 Å². The molecule has 0 aromatic heterocycles. The molecule has 2 bridgehead atoms. The predicted octanol–water partition coefficient (Wildman–Crippen LogP) is 3.08. The first kappa shape index (κ1) is 11.6. The van der Waals surface area contributed by atoms with Crippen LogP contribution in [0.2, 0.25) is 0 Å². The Labute approximate surface area is 107 Å². The zero-order valence-electron chi connectivity index (χ0n) is 10.6. The number of rotatable bonds is 4. The summed E-state index contributed by atoms with van der Waals surface area (Å²) in [5.41, 5.74) is 0.633. The topological polar surface area (TPSA) is 35.5 Å². The fourth-order valence-electron chi connectivity index (χ4n) is 3.35. The quantitative estimate of drug-likeness (QED) is 0.766. The second-order valence-corrected chi connectivity index (χ2v) is 5.36. The molecule has 0 heterocycles. The Kier molecular flexibility index (Phi) is 2.98. The molecular formula is C15H18O3. The molecule has 2 aliphatic rings. The van der Waals surface area contributed by atoms with Crippen molar-refractivity contribution in [3.05, 3.63) is 23.8 Å². The number of aldehydes is 1. The molecule has 2 fully saturated rings. The summed E-state index contributed by atoms with van der Waals surface area (Å²) in [7, 11) is 1.63. The number of methoxy groups -OCH3 is 1. The van der Waals surface area contributed by atoms with Gasteiger partial charge in [0.05, 0.1) is 7.11 Å². The van der Waals surface area contributed by atoms with Crippen LogP contribution in [0.15, 0.2) is 18.2 Å². The molecule has 3 rings (SSSR count). The SMILES string of the molecule is COc1ccc(C=O)cc1O[C@H]1C[C@H]2CC[C@H]1C2. The molecule has 0 amide bonds. The van der Waals surface area contributed by atoms with Crippen molar-refractivity contribution in [3.8, 4) is 11.5 Å². The molecule has 0 spiro atoms. The first-order chi connectivity index (χ1) is 8.80. The van der Waals surface area contributed by atoms with Crippen molar-refractivity contribution in [2.24, 2.45) is 11.8 Å². The maximum Gasteiger partial charge on any atom is 0.162 e. The van der Waals surface area contributed by atoms with Gasteiger partial charge in [-0.2, -0.15) is 0 Å². The zero-order valence-corrected chi connectivity index (χ0v) is 10.6. The first-order valence-electron chi connectivity index (χ1n) is 6.60. The van der Waals surface area contributed by atoms with E-state index in [4.69, 9.17) is 9.47 Å². The van der Waals surface area contributed by atoms with E-state index in [2.05, 4.69) is 0 Å². The predicted molar refractivity (Wildman–Crippen MR) is 68.2 cm³/mol. The molecule has 0 saturated heterocycles. The van der Waals surface area contributed by atoms with Gasteiger partial charge in [0.25, 0.3) is 0 Å². The third-order valence-corrected chi connectivity index (χ3v) is 4.28. The second kappa shape index (κ2) is 4.63. The molecular weight excluding hydrogens is 228 g/mol. The van der Waals surface area contributed by atoms with E-state index in [-0.39, 0.29) is 0 Å². The normalized spacial score (nSPS) is 29.3. The lowest BCUT2D eigenvalue weighted by Crippen LogP contribution is -2.23. The minimum Gasteiger partial charge on any atom is -0.493 e. The van der Waals surface area contributed by atoms with Crippen LogP contribution in [-0.4, -0.2) is 19.5 Å². The van der Waals surface area contributed by atoms with E-state index in [0.717, 1.165) is 18.6 Å². The lowest BCUT2D eigenvalue weighted by molar-refractivity contribution is 0.112. The summed E-state index contributed by atoms with van der Waals surface area (Å²) in [5.74, 6) is 2.96. The van der Waals surface area contributed by atoms with Gasteiger partial charge in [0.2, 0.25) is 0 Å². The maximum atomic E-state index is 10.8. The Balaban J connectivity index is 1.80. The Bertz CT molecular complexity index is 455. The molecule has 3 heteroatoms. The minimum atomic E-state index is 0.305. The highest BCUT2D eigenvalue weighted by molar-refractivity contribution is 5.76. The molecule has 0 radical (unpaired) electrons. The number of hydrogen-bond acceptors (Lipinski definition) is 3. The largest absolute Gasteiger partial charge is 0.493 e. The number of hydrogen-bond donors (Lipinski definition) is 0. The lowest BCUT2D eigenvalue weighted by atomic mass is 9.97. The van der Waals surface area contributed by atoms with Crippen LogP contribution in [0.1, 0.15) is 36.0 Å². The first-order valence-corrected chi connectivity index (χ1v) is 6.60. The summed E-state index contributed by atoms with van der Waals surface area (Å²) in [5, 5.41) is 0. The third kappa shape index (κ3) is 1.98. The molecule has 18 heavy (non-hydrogen) atoms. The van der Waals surface area contributed by atoms with E-state index < -0.39 is 0 Å². The second-order valence-electron chi connectivity index (χ2n) is 5.36. The number of ether oxygens (including phenoxy) is 2. The van der Waals surface area contributed by atoms with Gasteiger partial charge in [0.1, 0.15) is 12.4 Å². The van der Waals surface area contributed by atoms with E-state index in [1.165, 1.54) is 19.3 Å². The van der Waals surface area contributed by atoms with Crippen molar-refractivity contribution in [2.75, 3.05) is 7.11 Å². The van der Waals surface area contributed by atoms with Crippen molar-refractivity contribution < 1.29 is 14.3 Å². The van der Waals surface area contributed by atoms with Crippen LogP contribution >= 0.6 is 0 Å². The summed E-state index contributed by atoms with van der Waals surface area (Å²) in [4.78, 5) is 10.8. The molecule has 2 aliphatic carbocycles. The molecule has 0 aliphatic heterocycles. The molecule has 0 unspecified atom stereocenters. The molecule has 1 aromatic rings. The molecule has 96 valence electrons. The van der Waals surface area contributed by atoms with Crippen molar-refractivity contribution in [2.45, 2.75) is 31.8 Å². The molecule has 0 N–H and O–H groups in total. The molecule has 2 saturated carbocycles. The van der Waals surface area contributed by atoms with Gasteiger partial charge < -0.3 is 9.47 Å². The highest BCUT2D eigenvalue weighted by atomic mass is 16.5. The van der Waals surface area contributed by atoms with Crippen LogP contribution < -0.4 is 9.47 Å². The fraction of sp³-hybridized carbons (Fsp3) is 0.533. The van der Waals surface area contributed by atoms with Crippen molar-refractivity contribution in [3.63, 3.8) is 0 Å². The van der Waals surface area contributed by atoms with E-state index in [9.17, 15) is 4.79 Å². The van der Waals surface area contributed by atoms with Crippen LogP contribution in [0.25, 0.3) is 0 Å². The van der Waals surface area contributed by atoms with Gasteiger partial charge in [0.15, 0.2) is 11.5 Å². The highest BCUT2D eigenvalue weighted by Gasteiger charge is 2.41. The maximum absolute atomic E-state index is 10.8. The average molecular weight is 246 g/mol. The van der Waals surface area contributed by atoms with Gasteiger partial charge in [-0.1, -0.05) is 0 Å². The van der Waals surface area contributed by atoms with E-state index in [1.54, 1.807) is 25.3 Å². The van der Waals surface area contributed by atoms with E-state index in [0.29, 0.717) is 29.1 Å². The number of carbonyl (C=O) groups is 1. The Morgan fingerprint density at radius 2 is 2.11 bits per heavy atom. The third-order valence-electron chi connectivity index (χ3n) is 4.28. The van der Waals surface area contributed by atoms with Gasteiger partial charge >= 0.3 is 0 Å². The fourth-order valence-corrected chi connectivity index (χ4v) is 3.35. The number of fused-ring (bicyclic) bond motifs is 2. The van der Waals surface area contributed by atoms with Crippen molar-refractivity contribution in [1.82, 2.24) is 0 Å². The number of benzene rings is 1. The van der Waals surface area contributed by atoms with Crippen molar-refractivity contribution in [1.29, 1.82) is 0 Å². The Morgan fingerprint density at radius 1 is 1.22 bits per heavy atom. The minimum absolute atomic E-state index is 0.305. The molecule has 1 aromatic carbocycles. The molecule has 3 nitrogen and oxygen atoms in total. The summed E-state index contributed by atoms with van der Waals surface area (Å²) >= 11 is 0. The van der Waals surface area contributed by atoms with Gasteiger partial charge in [-0.25, -0.2) is 0 Å². The monoisotopic (exact) mass is 246 g/mol. The van der Waals surface area contributed by atoms with Crippen LogP contribution in [0, 0.1) is 11.8 Å². The zero-order chi connectivity index (χ0) is 12.5. The standard InChI is InChI=1S/C15H18O3/c1-17-13-5-3-11(9-16)8-15(13)18-14-7-10-2-4-12(14)6-10/h3,5,8-10,12,14H,2,4,6-7H2,1H3/t10-,12-,14-/m0/s1. The van der Waals surface area contributed by atoms with Gasteiger partial charge in [-0.3, -0.25) is 4.79 Å². The van der Waals surface area contributed by atoms with Crippen molar-refractivity contribution >= 4 is 6.29 Å². The number of carbonyl (C=O) groups excluding carboxylic acids is 1. The summed E-state index contributed by atoms with van der Waals surface area (Å²) < 4.78 is 11.4. The van der Waals surface area contributed by atoms with Gasteiger partial charge in [0, 0.05) is 5.56 Å². The lowest BCUT2D eigenvalue weighted by Gasteiger charge is -2.24. The van der Waals surface area contributed by atoms with Crippen LogP contribution in [0.4, 0.5) is 0 Å². The summed E-state index contributed by atoms with van der Waals surface area (Å²) in [6, 6.07) is 5.32. The van der Waals surface area contributed by atoms with Crippen LogP contribution in [0.3, 0.4) is 0 Å². The average Bonchev–Trinajstić information content (AvgIpc) is 3.01. The highest BCUT2D eigenvalue weighted by Crippen LogP contribution is 2.46. The van der Waals surface area contributed by atoms with Crippen LogP contribution in [0.5, 0.6) is 11.5 Å². The smallest absolute Gasteiger partial charge is 0.162 e. The summed E-state index contributed by atoms with van der Waals surface area (Å²) in [6.45, 7) is 0. The Morgan fingerprint density at radius 3 is 2.72 bits per heavy atom. The van der Waals surface area contributed by atoms with E-state index >= 15 is 0 Å². The van der Waals surface area contributed by atoms with Gasteiger partial charge in [-0.15, -0.1) is 0 Å².